The highest BCUT2D eigenvalue weighted by atomic mass is 35.5. The van der Waals surface area contributed by atoms with E-state index in [1.54, 1.807) is 18.4 Å². The highest BCUT2D eigenvalue weighted by molar-refractivity contribution is 6.31. The Labute approximate surface area is 111 Å². The van der Waals surface area contributed by atoms with Crippen LogP contribution in [0.2, 0.25) is 5.02 Å². The third-order valence-electron chi connectivity index (χ3n) is 2.76. The Balaban J connectivity index is 1.90. The summed E-state index contributed by atoms with van der Waals surface area (Å²) < 4.78 is 18.9. The smallest absolute Gasteiger partial charge is 0.164 e. The highest BCUT2D eigenvalue weighted by Gasteiger charge is 2.09. The Hall–Kier alpha value is -1.48. The number of hydrogen-bond donors (Lipinski definition) is 1. The van der Waals surface area contributed by atoms with E-state index < -0.39 is 5.82 Å². The molecule has 4 heteroatoms. The predicted molar refractivity (Wildman–Crippen MR) is 71.5 cm³/mol. The third kappa shape index (κ3) is 3.26. The lowest BCUT2D eigenvalue weighted by atomic mass is 10.1. The van der Waals surface area contributed by atoms with Crippen molar-refractivity contribution in [1.29, 1.82) is 0 Å². The van der Waals surface area contributed by atoms with E-state index in [-0.39, 0.29) is 11.1 Å². The first kappa shape index (κ1) is 13.0. The molecule has 0 radical (unpaired) electrons. The van der Waals surface area contributed by atoms with Crippen molar-refractivity contribution < 1.29 is 8.81 Å². The molecule has 2 rings (SSSR count). The van der Waals surface area contributed by atoms with Crippen LogP contribution in [-0.2, 0) is 6.42 Å². The summed E-state index contributed by atoms with van der Waals surface area (Å²) in [5.74, 6) is 0.541. The van der Waals surface area contributed by atoms with Crippen molar-refractivity contribution in [3.8, 4) is 0 Å². The summed E-state index contributed by atoms with van der Waals surface area (Å²) in [5, 5.41) is 3.25. The molecule has 0 spiro atoms. The predicted octanol–water partition coefficient (Wildman–Crippen LogP) is 4.51. The molecule has 18 heavy (non-hydrogen) atoms. The lowest BCUT2D eigenvalue weighted by Crippen LogP contribution is -2.16. The summed E-state index contributed by atoms with van der Waals surface area (Å²) >= 11 is 5.73. The molecule has 1 heterocycles. The molecule has 1 aromatic heterocycles. The topological polar surface area (TPSA) is 25.2 Å². The molecule has 0 saturated heterocycles. The first-order chi connectivity index (χ1) is 8.66. The molecule has 1 unspecified atom stereocenters. The van der Waals surface area contributed by atoms with Gasteiger partial charge in [0.2, 0.25) is 0 Å². The zero-order valence-corrected chi connectivity index (χ0v) is 10.9. The van der Waals surface area contributed by atoms with E-state index in [1.807, 2.05) is 19.1 Å². The molecule has 0 fully saturated rings. The molecule has 1 N–H and O–H groups in total. The van der Waals surface area contributed by atoms with Gasteiger partial charge < -0.3 is 9.73 Å². The zero-order valence-electron chi connectivity index (χ0n) is 10.1. The Bertz CT molecular complexity index is 499. The van der Waals surface area contributed by atoms with Gasteiger partial charge in [0.25, 0.3) is 0 Å². The summed E-state index contributed by atoms with van der Waals surface area (Å²) in [6.45, 7) is 2.00. The molecule has 0 aliphatic rings. The summed E-state index contributed by atoms with van der Waals surface area (Å²) in [6.07, 6.45) is 3.34. The van der Waals surface area contributed by atoms with Crippen molar-refractivity contribution >= 4 is 17.3 Å². The molecule has 1 atom stereocenters. The Morgan fingerprint density at radius 1 is 1.33 bits per heavy atom. The van der Waals surface area contributed by atoms with Crippen LogP contribution in [0.15, 0.2) is 41.0 Å². The summed E-state index contributed by atoms with van der Waals surface area (Å²) in [6, 6.07) is 8.90. The van der Waals surface area contributed by atoms with E-state index in [0.717, 1.165) is 18.6 Å². The minimum Gasteiger partial charge on any atom is -0.469 e. The van der Waals surface area contributed by atoms with Crippen LogP contribution in [0.1, 0.15) is 19.1 Å². The van der Waals surface area contributed by atoms with Crippen LogP contribution in [0.3, 0.4) is 0 Å². The van der Waals surface area contributed by atoms with E-state index in [2.05, 4.69) is 5.32 Å². The average molecular weight is 268 g/mol. The van der Waals surface area contributed by atoms with Gasteiger partial charge in [-0.1, -0.05) is 17.7 Å². The van der Waals surface area contributed by atoms with Crippen LogP contribution in [-0.4, -0.2) is 6.04 Å². The maximum absolute atomic E-state index is 13.7. The van der Waals surface area contributed by atoms with Crippen LogP contribution in [0.5, 0.6) is 0 Å². The van der Waals surface area contributed by atoms with Crippen LogP contribution >= 0.6 is 11.6 Å². The minimum absolute atomic E-state index is 0.137. The second-order valence-electron chi connectivity index (χ2n) is 4.26. The first-order valence-electron chi connectivity index (χ1n) is 5.89. The van der Waals surface area contributed by atoms with Crippen LogP contribution < -0.4 is 5.32 Å². The molecule has 0 bridgehead atoms. The fraction of sp³-hybridized carbons (Fsp3) is 0.286. The molecule has 96 valence electrons. The number of furan rings is 1. The second-order valence-corrected chi connectivity index (χ2v) is 4.67. The lowest BCUT2D eigenvalue weighted by molar-refractivity contribution is 0.494. The Morgan fingerprint density at radius 2 is 2.17 bits per heavy atom. The molecular weight excluding hydrogens is 253 g/mol. The molecule has 1 aromatic carbocycles. The normalized spacial score (nSPS) is 12.4. The zero-order chi connectivity index (χ0) is 13.0. The summed E-state index contributed by atoms with van der Waals surface area (Å²) in [5.41, 5.74) is 0.439. The van der Waals surface area contributed by atoms with Crippen molar-refractivity contribution in [2.75, 3.05) is 5.32 Å². The van der Waals surface area contributed by atoms with Gasteiger partial charge in [0.1, 0.15) is 5.76 Å². The number of nitrogens with one attached hydrogen (secondary N) is 1. The maximum Gasteiger partial charge on any atom is 0.164 e. The maximum atomic E-state index is 13.7. The Kier molecular flexibility index (Phi) is 4.26. The van der Waals surface area contributed by atoms with Crippen LogP contribution in [0.25, 0.3) is 0 Å². The van der Waals surface area contributed by atoms with Gasteiger partial charge >= 0.3 is 0 Å². The van der Waals surface area contributed by atoms with Gasteiger partial charge in [-0.05, 0) is 37.6 Å². The van der Waals surface area contributed by atoms with Gasteiger partial charge in [0.05, 0.1) is 17.0 Å². The van der Waals surface area contributed by atoms with Crippen molar-refractivity contribution in [2.45, 2.75) is 25.8 Å². The van der Waals surface area contributed by atoms with E-state index in [9.17, 15) is 4.39 Å². The van der Waals surface area contributed by atoms with Gasteiger partial charge in [0.15, 0.2) is 5.82 Å². The van der Waals surface area contributed by atoms with Crippen LogP contribution in [0.4, 0.5) is 10.1 Å². The molecular formula is C14H15ClFNO. The molecule has 2 nitrogen and oxygen atoms in total. The van der Waals surface area contributed by atoms with Gasteiger partial charge in [-0.2, -0.15) is 0 Å². The van der Waals surface area contributed by atoms with Gasteiger partial charge in [0, 0.05) is 12.5 Å². The number of benzene rings is 1. The first-order valence-corrected chi connectivity index (χ1v) is 6.27. The standard InChI is InChI=1S/C14H15ClFNO/c1-10(7-8-11-4-3-9-18-11)17-13-6-2-5-12(15)14(13)16/h2-6,9-10,17H,7-8H2,1H3. The van der Waals surface area contributed by atoms with E-state index in [0.29, 0.717) is 5.69 Å². The van der Waals surface area contributed by atoms with Crippen LogP contribution in [0, 0.1) is 5.82 Å². The number of halogens is 2. The largest absolute Gasteiger partial charge is 0.469 e. The fourth-order valence-corrected chi connectivity index (χ4v) is 1.94. The monoisotopic (exact) mass is 267 g/mol. The van der Waals surface area contributed by atoms with E-state index in [1.165, 1.54) is 6.07 Å². The van der Waals surface area contributed by atoms with Crippen molar-refractivity contribution in [1.82, 2.24) is 0 Å². The quantitative estimate of drug-likeness (QED) is 0.862. The highest BCUT2D eigenvalue weighted by Crippen LogP contribution is 2.23. The number of anilines is 1. The molecule has 0 aliphatic heterocycles. The van der Waals surface area contributed by atoms with Gasteiger partial charge in [-0.3, -0.25) is 0 Å². The Morgan fingerprint density at radius 3 is 2.89 bits per heavy atom. The van der Waals surface area contributed by atoms with E-state index >= 15 is 0 Å². The van der Waals surface area contributed by atoms with Crippen molar-refractivity contribution in [2.24, 2.45) is 0 Å². The summed E-state index contributed by atoms with van der Waals surface area (Å²) in [7, 11) is 0. The number of aryl methyl sites for hydroxylation is 1. The van der Waals surface area contributed by atoms with Crippen molar-refractivity contribution in [3.63, 3.8) is 0 Å². The molecule has 0 amide bonds. The summed E-state index contributed by atoms with van der Waals surface area (Å²) in [4.78, 5) is 0. The van der Waals surface area contributed by atoms with Crippen molar-refractivity contribution in [3.05, 3.63) is 53.2 Å². The fourth-order valence-electron chi connectivity index (χ4n) is 1.77. The van der Waals surface area contributed by atoms with E-state index in [4.69, 9.17) is 16.0 Å². The molecule has 0 saturated carbocycles. The lowest BCUT2D eigenvalue weighted by Gasteiger charge is -2.15. The van der Waals surface area contributed by atoms with Gasteiger partial charge in [-0.15, -0.1) is 0 Å². The second kappa shape index (κ2) is 5.91. The minimum atomic E-state index is -0.399. The molecule has 0 aliphatic carbocycles. The average Bonchev–Trinajstić information content (AvgIpc) is 2.86. The molecule has 2 aromatic rings. The van der Waals surface area contributed by atoms with Gasteiger partial charge in [-0.25, -0.2) is 4.39 Å². The number of rotatable bonds is 5. The number of hydrogen-bond acceptors (Lipinski definition) is 2. The SMILES string of the molecule is CC(CCc1ccco1)Nc1cccc(Cl)c1F. The third-order valence-corrected chi connectivity index (χ3v) is 3.05.